The first-order valence-corrected chi connectivity index (χ1v) is 11.2. The number of rotatable bonds is 10. The predicted molar refractivity (Wildman–Crippen MR) is 130 cm³/mol. The molecule has 1 saturated carbocycles. The van der Waals surface area contributed by atoms with Crippen LogP contribution in [0.1, 0.15) is 52.4 Å². The van der Waals surface area contributed by atoms with E-state index in [4.69, 9.17) is 4.74 Å². The van der Waals surface area contributed by atoms with Gasteiger partial charge in [0.2, 0.25) is 0 Å². The molecule has 2 N–H and O–H groups in total. The highest BCUT2D eigenvalue weighted by molar-refractivity contribution is 14.0. The Balaban J connectivity index is 0.00000392. The summed E-state index contributed by atoms with van der Waals surface area (Å²) >= 11 is 0. The molecule has 0 radical (unpaired) electrons. The van der Waals surface area contributed by atoms with Crippen molar-refractivity contribution < 1.29 is 4.74 Å². The van der Waals surface area contributed by atoms with Crippen LogP contribution in [0.2, 0.25) is 0 Å². The van der Waals surface area contributed by atoms with E-state index in [0.29, 0.717) is 12.0 Å². The monoisotopic (exact) mass is 509 g/mol. The van der Waals surface area contributed by atoms with Crippen molar-refractivity contribution in [1.29, 1.82) is 0 Å². The highest BCUT2D eigenvalue weighted by Crippen LogP contribution is 2.20. The lowest BCUT2D eigenvalue weighted by molar-refractivity contribution is 0.0277. The first-order chi connectivity index (χ1) is 13.2. The van der Waals surface area contributed by atoms with E-state index in [1.807, 2.05) is 7.05 Å². The molecule has 2 fully saturated rings. The molecule has 166 valence electrons. The zero-order valence-electron chi connectivity index (χ0n) is 18.4. The molecule has 1 heterocycles. The van der Waals surface area contributed by atoms with Gasteiger partial charge in [0.25, 0.3) is 0 Å². The van der Waals surface area contributed by atoms with Crippen molar-refractivity contribution in [3.63, 3.8) is 0 Å². The molecule has 0 aromatic rings. The largest absolute Gasteiger partial charge is 0.378 e. The Kier molecular flexibility index (Phi) is 14.5. The van der Waals surface area contributed by atoms with E-state index in [0.717, 1.165) is 38.6 Å². The molecule has 2 aliphatic rings. The van der Waals surface area contributed by atoms with E-state index in [-0.39, 0.29) is 24.0 Å². The fourth-order valence-electron chi connectivity index (χ4n) is 4.05. The topological polar surface area (TPSA) is 52.1 Å². The first-order valence-electron chi connectivity index (χ1n) is 11.2. The summed E-state index contributed by atoms with van der Waals surface area (Å²) in [5.41, 5.74) is 0. The van der Waals surface area contributed by atoms with Crippen molar-refractivity contribution in [2.45, 2.75) is 58.5 Å². The summed E-state index contributed by atoms with van der Waals surface area (Å²) < 4.78 is 5.99. The normalized spacial score (nSPS) is 21.2. The van der Waals surface area contributed by atoms with Crippen LogP contribution in [0.15, 0.2) is 4.99 Å². The molecule has 2 rings (SSSR count). The Labute approximate surface area is 190 Å². The number of ether oxygens (including phenoxy) is 1. The number of aliphatic imine (C=N–C) groups is 1. The minimum atomic E-state index is 0. The summed E-state index contributed by atoms with van der Waals surface area (Å²) in [5, 5.41) is 6.90. The van der Waals surface area contributed by atoms with Gasteiger partial charge in [-0.05, 0) is 31.7 Å². The number of piperazine rings is 1. The third kappa shape index (κ3) is 10.6. The van der Waals surface area contributed by atoms with E-state index < -0.39 is 0 Å². The molecule has 0 bridgehead atoms. The van der Waals surface area contributed by atoms with Gasteiger partial charge in [0.15, 0.2) is 5.96 Å². The Morgan fingerprint density at radius 3 is 2.39 bits per heavy atom. The molecule has 1 aliphatic carbocycles. The molecule has 0 spiro atoms. The van der Waals surface area contributed by atoms with Gasteiger partial charge in [-0.3, -0.25) is 4.99 Å². The van der Waals surface area contributed by atoms with Gasteiger partial charge in [-0.1, -0.05) is 33.1 Å². The molecule has 0 aromatic carbocycles. The summed E-state index contributed by atoms with van der Waals surface area (Å²) in [6, 6.07) is 0. The Morgan fingerprint density at radius 1 is 1.07 bits per heavy atom. The number of nitrogens with one attached hydrogen (secondary N) is 2. The molecule has 1 aliphatic heterocycles. The third-order valence-electron chi connectivity index (χ3n) is 5.84. The zero-order chi connectivity index (χ0) is 19.3. The van der Waals surface area contributed by atoms with Gasteiger partial charge in [0.1, 0.15) is 0 Å². The number of hydrogen-bond acceptors (Lipinski definition) is 4. The van der Waals surface area contributed by atoms with Crippen LogP contribution in [0.5, 0.6) is 0 Å². The van der Waals surface area contributed by atoms with Gasteiger partial charge in [-0.15, -0.1) is 24.0 Å². The van der Waals surface area contributed by atoms with Gasteiger partial charge in [0, 0.05) is 59.5 Å². The molecule has 7 heteroatoms. The summed E-state index contributed by atoms with van der Waals surface area (Å²) in [4.78, 5) is 9.47. The number of nitrogens with zero attached hydrogens (tertiary/aromatic N) is 3. The van der Waals surface area contributed by atoms with Crippen molar-refractivity contribution >= 4 is 29.9 Å². The summed E-state index contributed by atoms with van der Waals surface area (Å²) in [5.74, 6) is 1.53. The zero-order valence-corrected chi connectivity index (χ0v) is 20.7. The van der Waals surface area contributed by atoms with Gasteiger partial charge in [-0.2, -0.15) is 0 Å². The summed E-state index contributed by atoms with van der Waals surface area (Å²) in [6.45, 7) is 14.5. The van der Waals surface area contributed by atoms with Crippen molar-refractivity contribution in [3.05, 3.63) is 0 Å². The maximum Gasteiger partial charge on any atom is 0.190 e. The minimum absolute atomic E-state index is 0. The third-order valence-corrected chi connectivity index (χ3v) is 5.84. The fraction of sp³-hybridized carbons (Fsp3) is 0.952. The van der Waals surface area contributed by atoms with Crippen LogP contribution >= 0.6 is 24.0 Å². The quantitative estimate of drug-likeness (QED) is 0.205. The molecule has 0 amide bonds. The van der Waals surface area contributed by atoms with E-state index in [2.05, 4.69) is 39.3 Å². The molecular formula is C21H44IN5O. The van der Waals surface area contributed by atoms with E-state index in [1.165, 1.54) is 64.8 Å². The first kappa shape index (κ1) is 25.9. The van der Waals surface area contributed by atoms with E-state index in [9.17, 15) is 0 Å². The average molecular weight is 510 g/mol. The van der Waals surface area contributed by atoms with Crippen molar-refractivity contribution in [1.82, 2.24) is 20.4 Å². The Bertz CT molecular complexity index is 410. The van der Waals surface area contributed by atoms with Crippen molar-refractivity contribution in [2.75, 3.05) is 66.0 Å². The lowest BCUT2D eigenvalue weighted by Crippen LogP contribution is -2.48. The van der Waals surface area contributed by atoms with Crippen LogP contribution in [0.4, 0.5) is 0 Å². The predicted octanol–water partition coefficient (Wildman–Crippen LogP) is 2.78. The van der Waals surface area contributed by atoms with Crippen LogP contribution < -0.4 is 10.6 Å². The average Bonchev–Trinajstić information content (AvgIpc) is 2.71. The highest BCUT2D eigenvalue weighted by Gasteiger charge is 2.17. The van der Waals surface area contributed by atoms with Crippen LogP contribution in [0, 0.1) is 5.92 Å². The lowest BCUT2D eigenvalue weighted by atomic mass is 9.98. The second kappa shape index (κ2) is 15.7. The second-order valence-electron chi connectivity index (χ2n) is 8.20. The molecule has 1 atom stereocenters. The standard InChI is InChI=1S/C21H43N5O.HI/c1-4-25-12-14-26(15-13-25)18-19(2)17-24-21(22-3)23-11-8-16-27-20-9-6-5-7-10-20;/h19-20H,4-18H2,1-3H3,(H2,22,23,24);1H. The summed E-state index contributed by atoms with van der Waals surface area (Å²) in [7, 11) is 1.85. The van der Waals surface area contributed by atoms with Crippen LogP contribution in [0.25, 0.3) is 0 Å². The van der Waals surface area contributed by atoms with E-state index in [1.54, 1.807) is 0 Å². The van der Waals surface area contributed by atoms with Crippen LogP contribution in [0.3, 0.4) is 0 Å². The molecule has 1 unspecified atom stereocenters. The van der Waals surface area contributed by atoms with Gasteiger partial charge < -0.3 is 25.2 Å². The molecule has 0 aromatic heterocycles. The van der Waals surface area contributed by atoms with E-state index >= 15 is 0 Å². The van der Waals surface area contributed by atoms with Crippen LogP contribution in [-0.2, 0) is 4.74 Å². The molecular weight excluding hydrogens is 465 g/mol. The minimum Gasteiger partial charge on any atom is -0.378 e. The fourth-order valence-corrected chi connectivity index (χ4v) is 4.05. The maximum atomic E-state index is 5.99. The van der Waals surface area contributed by atoms with Gasteiger partial charge >= 0.3 is 0 Å². The van der Waals surface area contributed by atoms with Crippen molar-refractivity contribution in [2.24, 2.45) is 10.9 Å². The van der Waals surface area contributed by atoms with Gasteiger partial charge in [0.05, 0.1) is 6.10 Å². The summed E-state index contributed by atoms with van der Waals surface area (Å²) in [6.07, 6.45) is 8.11. The van der Waals surface area contributed by atoms with Gasteiger partial charge in [-0.25, -0.2) is 0 Å². The number of likely N-dealkylation sites (N-methyl/N-ethyl adjacent to an activating group) is 1. The number of halogens is 1. The Morgan fingerprint density at radius 2 is 1.75 bits per heavy atom. The molecule has 28 heavy (non-hydrogen) atoms. The SMILES string of the molecule is CCN1CCN(CC(C)CNC(=NC)NCCCOC2CCCCC2)CC1.I. The molecule has 1 saturated heterocycles. The smallest absolute Gasteiger partial charge is 0.190 e. The molecule has 6 nitrogen and oxygen atoms in total. The Hall–Kier alpha value is -0.120. The second-order valence-corrected chi connectivity index (χ2v) is 8.20. The van der Waals surface area contributed by atoms with Crippen LogP contribution in [-0.4, -0.2) is 87.9 Å². The lowest BCUT2D eigenvalue weighted by Gasteiger charge is -2.35. The highest BCUT2D eigenvalue weighted by atomic mass is 127. The number of guanidine groups is 1. The number of hydrogen-bond donors (Lipinski definition) is 2. The maximum absolute atomic E-state index is 5.99. The van der Waals surface area contributed by atoms with Crippen molar-refractivity contribution in [3.8, 4) is 0 Å².